The third-order valence-corrected chi connectivity index (χ3v) is 5.07. The molecule has 1 aliphatic heterocycles. The van der Waals surface area contributed by atoms with Gasteiger partial charge in [-0.15, -0.1) is 0 Å². The lowest BCUT2D eigenvalue weighted by molar-refractivity contribution is -0.145. The van der Waals surface area contributed by atoms with Gasteiger partial charge in [-0.05, 0) is 36.7 Å². The Morgan fingerprint density at radius 3 is 2.52 bits per heavy atom. The molecular weight excluding hydrogens is 266 g/mol. The quantitative estimate of drug-likeness (QED) is 0.922. The minimum absolute atomic E-state index is 0.0644. The lowest BCUT2D eigenvalue weighted by Gasteiger charge is -2.51. The second-order valence-electron chi connectivity index (χ2n) is 6.28. The summed E-state index contributed by atoms with van der Waals surface area (Å²) in [6.45, 7) is 2.13. The van der Waals surface area contributed by atoms with Gasteiger partial charge in [0.25, 0.3) is 0 Å². The maximum atomic E-state index is 12.1. The number of likely N-dealkylation sites (tertiary alicyclic amines) is 1. The van der Waals surface area contributed by atoms with Crippen LogP contribution < -0.4 is 0 Å². The van der Waals surface area contributed by atoms with E-state index in [1.807, 2.05) is 35.2 Å². The smallest absolute Gasteiger partial charge is 0.248 e. The Morgan fingerprint density at radius 2 is 1.95 bits per heavy atom. The predicted octanol–water partition coefficient (Wildman–Crippen LogP) is 1.97. The summed E-state index contributed by atoms with van der Waals surface area (Å²) in [6, 6.07) is 9.89. The second kappa shape index (κ2) is 6.16. The fourth-order valence-electron chi connectivity index (χ4n) is 3.39. The lowest BCUT2D eigenvalue weighted by atomic mass is 9.61. The van der Waals surface area contributed by atoms with Gasteiger partial charge in [-0.25, -0.2) is 0 Å². The van der Waals surface area contributed by atoms with Gasteiger partial charge in [-0.2, -0.15) is 0 Å². The van der Waals surface area contributed by atoms with Crippen molar-refractivity contribution < 1.29 is 14.6 Å². The van der Waals surface area contributed by atoms with Gasteiger partial charge in [0.05, 0.1) is 12.7 Å². The molecule has 0 radical (unpaired) electrons. The fourth-order valence-corrected chi connectivity index (χ4v) is 3.39. The number of hydrogen-bond acceptors (Lipinski definition) is 3. The normalized spacial score (nSPS) is 23.9. The van der Waals surface area contributed by atoms with Crippen LogP contribution in [0.15, 0.2) is 30.3 Å². The first-order valence-electron chi connectivity index (χ1n) is 7.77. The molecule has 1 N–H and O–H groups in total. The molecule has 4 nitrogen and oxygen atoms in total. The maximum Gasteiger partial charge on any atom is 0.248 e. The highest BCUT2D eigenvalue weighted by Crippen LogP contribution is 2.48. The lowest BCUT2D eigenvalue weighted by Crippen LogP contribution is -2.53. The Morgan fingerprint density at radius 1 is 1.24 bits per heavy atom. The minimum atomic E-state index is -0.149. The van der Waals surface area contributed by atoms with Gasteiger partial charge in [0, 0.05) is 13.1 Å². The van der Waals surface area contributed by atoms with Gasteiger partial charge in [-0.1, -0.05) is 30.3 Å². The van der Waals surface area contributed by atoms with Gasteiger partial charge in [0.1, 0.15) is 6.61 Å². The van der Waals surface area contributed by atoms with Crippen molar-refractivity contribution in [2.75, 3.05) is 19.7 Å². The highest BCUT2D eigenvalue weighted by molar-refractivity contribution is 5.77. The molecule has 2 aliphatic rings. The van der Waals surface area contributed by atoms with Gasteiger partial charge >= 0.3 is 0 Å². The molecule has 1 spiro atoms. The molecule has 0 aromatic heterocycles. The molecule has 2 fully saturated rings. The van der Waals surface area contributed by atoms with Crippen molar-refractivity contribution in [3.8, 4) is 0 Å². The average Bonchev–Trinajstić information content (AvgIpc) is 2.54. The number of aliphatic hydroxyl groups excluding tert-OH is 1. The summed E-state index contributed by atoms with van der Waals surface area (Å²) < 4.78 is 5.51. The molecule has 1 amide bonds. The summed E-state index contributed by atoms with van der Waals surface area (Å²) >= 11 is 0. The molecular formula is C17H23NO3. The van der Waals surface area contributed by atoms with E-state index in [9.17, 15) is 9.90 Å². The molecule has 21 heavy (non-hydrogen) atoms. The first-order valence-corrected chi connectivity index (χ1v) is 7.77. The second-order valence-corrected chi connectivity index (χ2v) is 6.28. The van der Waals surface area contributed by atoms with Crippen molar-refractivity contribution in [2.45, 2.75) is 38.4 Å². The van der Waals surface area contributed by atoms with E-state index in [0.717, 1.165) is 44.3 Å². The van der Waals surface area contributed by atoms with Crippen molar-refractivity contribution in [1.29, 1.82) is 0 Å². The van der Waals surface area contributed by atoms with Crippen molar-refractivity contribution >= 4 is 5.91 Å². The summed E-state index contributed by atoms with van der Waals surface area (Å²) in [6.07, 6.45) is 3.75. The van der Waals surface area contributed by atoms with E-state index in [4.69, 9.17) is 4.74 Å². The molecule has 114 valence electrons. The van der Waals surface area contributed by atoms with Crippen LogP contribution >= 0.6 is 0 Å². The Kier molecular flexibility index (Phi) is 4.27. The summed E-state index contributed by atoms with van der Waals surface area (Å²) in [5, 5.41) is 9.89. The van der Waals surface area contributed by atoms with Crippen LogP contribution in [-0.2, 0) is 16.1 Å². The highest BCUT2D eigenvalue weighted by Gasteiger charge is 2.47. The molecule has 1 unspecified atom stereocenters. The minimum Gasteiger partial charge on any atom is -0.393 e. The van der Waals surface area contributed by atoms with Crippen LogP contribution in [0.2, 0.25) is 0 Å². The number of amides is 1. The Balaban J connectivity index is 1.40. The molecule has 3 rings (SSSR count). The Labute approximate surface area is 125 Å². The van der Waals surface area contributed by atoms with Crippen LogP contribution in [0.1, 0.15) is 31.2 Å². The topological polar surface area (TPSA) is 49.8 Å². The van der Waals surface area contributed by atoms with Crippen LogP contribution in [0.25, 0.3) is 0 Å². The largest absolute Gasteiger partial charge is 0.393 e. The molecule has 1 aliphatic carbocycles. The standard InChI is InChI=1S/C17H23NO3/c19-15-6-7-17(15)8-10-18(11-9-17)16(20)13-21-12-14-4-2-1-3-5-14/h1-5,15,19H,6-13H2. The number of benzene rings is 1. The zero-order valence-electron chi connectivity index (χ0n) is 12.3. The molecule has 1 atom stereocenters. The Hall–Kier alpha value is -1.39. The molecule has 1 saturated carbocycles. The summed E-state index contributed by atoms with van der Waals surface area (Å²) in [5.41, 5.74) is 1.20. The number of ether oxygens (including phenoxy) is 1. The molecule has 1 heterocycles. The molecule has 1 aromatic rings. The summed E-state index contributed by atoms with van der Waals surface area (Å²) in [5.74, 6) is 0.0644. The van der Waals surface area contributed by atoms with E-state index in [0.29, 0.717) is 6.61 Å². The van der Waals surface area contributed by atoms with Crippen molar-refractivity contribution in [3.63, 3.8) is 0 Å². The fraction of sp³-hybridized carbons (Fsp3) is 0.588. The van der Waals surface area contributed by atoms with E-state index in [-0.39, 0.29) is 24.0 Å². The van der Waals surface area contributed by atoms with Crippen LogP contribution in [0.5, 0.6) is 0 Å². The monoisotopic (exact) mass is 289 g/mol. The highest BCUT2D eigenvalue weighted by atomic mass is 16.5. The van der Waals surface area contributed by atoms with Crippen LogP contribution in [0.4, 0.5) is 0 Å². The zero-order valence-corrected chi connectivity index (χ0v) is 12.3. The van der Waals surface area contributed by atoms with Crippen LogP contribution in [0.3, 0.4) is 0 Å². The third kappa shape index (κ3) is 3.11. The average molecular weight is 289 g/mol. The number of hydrogen-bond donors (Lipinski definition) is 1. The van der Waals surface area contributed by atoms with Gasteiger partial charge in [0.15, 0.2) is 0 Å². The Bertz CT molecular complexity index is 480. The zero-order chi connectivity index (χ0) is 14.7. The van der Waals surface area contributed by atoms with Crippen LogP contribution in [-0.4, -0.2) is 41.7 Å². The van der Waals surface area contributed by atoms with Gasteiger partial charge < -0.3 is 14.7 Å². The van der Waals surface area contributed by atoms with Gasteiger partial charge in [0.2, 0.25) is 5.91 Å². The number of piperidine rings is 1. The summed E-state index contributed by atoms with van der Waals surface area (Å²) in [4.78, 5) is 14.0. The van der Waals surface area contributed by atoms with Crippen molar-refractivity contribution in [1.82, 2.24) is 4.90 Å². The first kappa shape index (κ1) is 14.5. The molecule has 1 aromatic carbocycles. The van der Waals surface area contributed by atoms with Gasteiger partial charge in [-0.3, -0.25) is 4.79 Å². The molecule has 4 heteroatoms. The van der Waals surface area contributed by atoms with Crippen molar-refractivity contribution in [3.05, 3.63) is 35.9 Å². The number of carbonyl (C=O) groups is 1. The predicted molar refractivity (Wildman–Crippen MR) is 79.6 cm³/mol. The van der Waals surface area contributed by atoms with Crippen LogP contribution in [0, 0.1) is 5.41 Å². The first-order chi connectivity index (χ1) is 10.2. The number of aliphatic hydroxyl groups is 1. The number of nitrogens with zero attached hydrogens (tertiary/aromatic N) is 1. The molecule has 0 bridgehead atoms. The third-order valence-electron chi connectivity index (χ3n) is 5.07. The summed E-state index contributed by atoms with van der Waals surface area (Å²) in [7, 11) is 0. The maximum absolute atomic E-state index is 12.1. The van der Waals surface area contributed by atoms with E-state index in [1.54, 1.807) is 0 Å². The van der Waals surface area contributed by atoms with E-state index < -0.39 is 0 Å². The number of carbonyl (C=O) groups excluding carboxylic acids is 1. The number of rotatable bonds is 4. The van der Waals surface area contributed by atoms with E-state index in [1.165, 1.54) is 0 Å². The van der Waals surface area contributed by atoms with E-state index in [2.05, 4.69) is 0 Å². The SMILES string of the molecule is O=C(COCc1ccccc1)N1CCC2(CCC2O)CC1. The van der Waals surface area contributed by atoms with E-state index >= 15 is 0 Å². The van der Waals surface area contributed by atoms with Crippen molar-refractivity contribution in [2.24, 2.45) is 5.41 Å². The molecule has 1 saturated heterocycles.